The van der Waals surface area contributed by atoms with Crippen molar-refractivity contribution in [2.75, 3.05) is 11.4 Å². The summed E-state index contributed by atoms with van der Waals surface area (Å²) in [5.74, 6) is 1.72. The average Bonchev–Trinajstić information content (AvgIpc) is 3.55. The second kappa shape index (κ2) is 6.91. The Kier molecular flexibility index (Phi) is 3.94. The Labute approximate surface area is 174 Å². The van der Waals surface area contributed by atoms with Crippen molar-refractivity contribution < 1.29 is 0 Å². The number of aromatic nitrogens is 5. The Morgan fingerprint density at radius 2 is 1.80 bits per heavy atom. The highest BCUT2D eigenvalue weighted by atomic mass is 15.3. The monoisotopic (exact) mass is 392 g/mol. The third kappa shape index (κ3) is 2.97. The van der Waals surface area contributed by atoms with Crippen LogP contribution < -0.4 is 4.90 Å². The van der Waals surface area contributed by atoms with Crippen molar-refractivity contribution in [1.82, 2.24) is 24.7 Å². The molecule has 6 rings (SSSR count). The van der Waals surface area contributed by atoms with Crippen LogP contribution in [0.2, 0.25) is 0 Å². The van der Waals surface area contributed by atoms with Crippen molar-refractivity contribution in [1.29, 1.82) is 0 Å². The van der Waals surface area contributed by atoms with Gasteiger partial charge in [0.05, 0.1) is 17.9 Å². The van der Waals surface area contributed by atoms with Gasteiger partial charge in [-0.3, -0.25) is 4.98 Å². The van der Waals surface area contributed by atoms with Crippen LogP contribution in [0.4, 0.5) is 11.5 Å². The molecule has 6 nitrogen and oxygen atoms in total. The molecular formula is C24H20N6. The van der Waals surface area contributed by atoms with Gasteiger partial charge in [0.15, 0.2) is 5.82 Å². The first-order valence-electron chi connectivity index (χ1n) is 10.2. The van der Waals surface area contributed by atoms with Gasteiger partial charge in [0.2, 0.25) is 0 Å². The van der Waals surface area contributed by atoms with Gasteiger partial charge in [-0.15, -0.1) is 10.2 Å². The van der Waals surface area contributed by atoms with Crippen molar-refractivity contribution in [2.24, 2.45) is 0 Å². The summed E-state index contributed by atoms with van der Waals surface area (Å²) in [6.45, 7) is 0.731. The van der Waals surface area contributed by atoms with Crippen molar-refractivity contribution in [2.45, 2.75) is 18.9 Å². The van der Waals surface area contributed by atoms with E-state index in [-0.39, 0.29) is 0 Å². The van der Waals surface area contributed by atoms with Crippen LogP contribution >= 0.6 is 0 Å². The molecule has 0 amide bonds. The maximum absolute atomic E-state index is 4.98. The van der Waals surface area contributed by atoms with Gasteiger partial charge in [0.25, 0.3) is 0 Å². The first-order valence-corrected chi connectivity index (χ1v) is 10.2. The molecule has 4 aromatic rings. The van der Waals surface area contributed by atoms with Gasteiger partial charge in [-0.1, -0.05) is 36.4 Å². The van der Waals surface area contributed by atoms with Crippen LogP contribution in [0.15, 0.2) is 73.2 Å². The Hall–Kier alpha value is -3.80. The summed E-state index contributed by atoms with van der Waals surface area (Å²) in [5, 5.41) is 8.48. The molecule has 1 aliphatic heterocycles. The molecule has 1 saturated carbocycles. The normalized spacial score (nSPS) is 15.6. The summed E-state index contributed by atoms with van der Waals surface area (Å²) < 4.78 is 2.15. The third-order valence-corrected chi connectivity index (χ3v) is 5.64. The minimum Gasteiger partial charge on any atom is -0.320 e. The first kappa shape index (κ1) is 17.1. The molecular weight excluding hydrogens is 372 g/mol. The number of rotatable bonds is 4. The fourth-order valence-corrected chi connectivity index (χ4v) is 3.99. The highest BCUT2D eigenvalue weighted by molar-refractivity contribution is 5.92. The molecule has 0 N–H and O–H groups in total. The molecule has 30 heavy (non-hydrogen) atoms. The lowest BCUT2D eigenvalue weighted by molar-refractivity contribution is 0.743. The van der Waals surface area contributed by atoms with E-state index in [1.54, 1.807) is 0 Å². The Morgan fingerprint density at radius 3 is 2.67 bits per heavy atom. The molecule has 1 aromatic carbocycles. The SMILES string of the molecule is C1=C(c2ccccc2)CN(c2cccc(-c3nncn3C3CC3)n2)c2cccnc21. The van der Waals surface area contributed by atoms with Gasteiger partial charge in [-0.25, -0.2) is 4.98 Å². The fourth-order valence-electron chi connectivity index (χ4n) is 3.99. The molecule has 3 aromatic heterocycles. The number of pyridine rings is 2. The number of hydrogen-bond acceptors (Lipinski definition) is 5. The second-order valence-electron chi connectivity index (χ2n) is 7.70. The fraction of sp³-hybridized carbons (Fsp3) is 0.167. The molecule has 0 unspecified atom stereocenters. The summed E-state index contributed by atoms with van der Waals surface area (Å²) in [7, 11) is 0. The van der Waals surface area contributed by atoms with E-state index in [4.69, 9.17) is 4.98 Å². The van der Waals surface area contributed by atoms with Gasteiger partial charge in [0, 0.05) is 12.2 Å². The van der Waals surface area contributed by atoms with E-state index in [0.717, 1.165) is 35.3 Å². The van der Waals surface area contributed by atoms with Crippen LogP contribution in [0.5, 0.6) is 0 Å². The Bertz CT molecular complexity index is 1240. The number of fused-ring (bicyclic) bond motifs is 1. The van der Waals surface area contributed by atoms with Crippen LogP contribution in [0, 0.1) is 0 Å². The molecule has 1 aliphatic carbocycles. The molecule has 1 fully saturated rings. The van der Waals surface area contributed by atoms with E-state index >= 15 is 0 Å². The summed E-state index contributed by atoms with van der Waals surface area (Å²) in [6, 6.07) is 21.1. The van der Waals surface area contributed by atoms with Crippen LogP contribution in [-0.2, 0) is 0 Å². The first-order chi connectivity index (χ1) is 14.9. The van der Waals surface area contributed by atoms with E-state index in [0.29, 0.717) is 6.04 Å². The van der Waals surface area contributed by atoms with E-state index < -0.39 is 0 Å². The maximum atomic E-state index is 4.98. The van der Waals surface area contributed by atoms with Crippen molar-refractivity contribution in [3.05, 3.63) is 84.4 Å². The van der Waals surface area contributed by atoms with Crippen LogP contribution in [-0.4, -0.2) is 31.3 Å². The summed E-state index contributed by atoms with van der Waals surface area (Å²) in [4.78, 5) is 11.8. The van der Waals surface area contributed by atoms with Crippen LogP contribution in [0.3, 0.4) is 0 Å². The lowest BCUT2D eigenvalue weighted by Gasteiger charge is -2.30. The molecule has 0 saturated heterocycles. The molecule has 2 aliphatic rings. The molecule has 4 heterocycles. The van der Waals surface area contributed by atoms with Gasteiger partial charge in [0.1, 0.15) is 17.8 Å². The number of nitrogens with zero attached hydrogens (tertiary/aromatic N) is 6. The zero-order valence-corrected chi connectivity index (χ0v) is 16.4. The Balaban J connectivity index is 1.43. The molecule has 146 valence electrons. The van der Waals surface area contributed by atoms with Gasteiger partial charge >= 0.3 is 0 Å². The zero-order chi connectivity index (χ0) is 19.9. The van der Waals surface area contributed by atoms with Crippen molar-refractivity contribution in [3.8, 4) is 11.5 Å². The average molecular weight is 392 g/mol. The largest absolute Gasteiger partial charge is 0.320 e. The topological polar surface area (TPSA) is 59.7 Å². The van der Waals surface area contributed by atoms with Crippen LogP contribution in [0.1, 0.15) is 30.1 Å². The molecule has 0 atom stereocenters. The maximum Gasteiger partial charge on any atom is 0.182 e. The molecule has 0 radical (unpaired) electrons. The summed E-state index contributed by atoms with van der Waals surface area (Å²) >= 11 is 0. The quantitative estimate of drug-likeness (QED) is 0.501. The molecule has 0 bridgehead atoms. The highest BCUT2D eigenvalue weighted by Crippen LogP contribution is 2.39. The van der Waals surface area contributed by atoms with Crippen molar-refractivity contribution in [3.63, 3.8) is 0 Å². The van der Waals surface area contributed by atoms with Gasteiger partial charge in [-0.2, -0.15) is 0 Å². The van der Waals surface area contributed by atoms with Gasteiger partial charge < -0.3 is 9.47 Å². The number of anilines is 2. The number of hydrogen-bond donors (Lipinski definition) is 0. The minimum absolute atomic E-state index is 0.507. The predicted octanol–water partition coefficient (Wildman–Crippen LogP) is 4.76. The lowest BCUT2D eigenvalue weighted by atomic mass is 10.00. The smallest absolute Gasteiger partial charge is 0.182 e. The Morgan fingerprint density at radius 1 is 0.900 bits per heavy atom. The lowest BCUT2D eigenvalue weighted by Crippen LogP contribution is -2.24. The molecule has 6 heteroatoms. The van der Waals surface area contributed by atoms with Gasteiger partial charge in [-0.05, 0) is 54.3 Å². The van der Waals surface area contributed by atoms with Crippen LogP contribution in [0.25, 0.3) is 23.2 Å². The zero-order valence-electron chi connectivity index (χ0n) is 16.4. The van der Waals surface area contributed by atoms with E-state index in [1.807, 2.05) is 42.9 Å². The van der Waals surface area contributed by atoms with Crippen molar-refractivity contribution >= 4 is 23.2 Å². The second-order valence-corrected chi connectivity index (χ2v) is 7.70. The van der Waals surface area contributed by atoms with E-state index in [2.05, 4.69) is 61.1 Å². The van der Waals surface area contributed by atoms with E-state index in [9.17, 15) is 0 Å². The molecule has 0 spiro atoms. The van der Waals surface area contributed by atoms with E-state index in [1.165, 1.54) is 24.0 Å². The summed E-state index contributed by atoms with van der Waals surface area (Å²) in [6.07, 6.45) is 8.19. The minimum atomic E-state index is 0.507. The number of benzene rings is 1. The highest BCUT2D eigenvalue weighted by Gasteiger charge is 2.28. The third-order valence-electron chi connectivity index (χ3n) is 5.64. The predicted molar refractivity (Wildman–Crippen MR) is 117 cm³/mol. The standard InChI is InChI=1S/C24H20N6/c1-2-6-17(7-3-1)18-14-21-22(9-5-13-25-21)29(15-18)23-10-4-8-20(27-23)24-28-26-16-30(24)19-11-12-19/h1-10,13-14,16,19H,11-12,15H2. The summed E-state index contributed by atoms with van der Waals surface area (Å²) in [5.41, 5.74) is 5.28.